The summed E-state index contributed by atoms with van der Waals surface area (Å²) in [5.74, 6) is -1.00. The number of ether oxygens (including phenoxy) is 1. The van der Waals surface area contributed by atoms with Crippen LogP contribution in [0.1, 0.15) is 11.8 Å². The van der Waals surface area contributed by atoms with E-state index in [4.69, 9.17) is 15.6 Å². The number of aromatic nitrogens is 2. The Labute approximate surface area is 115 Å². The smallest absolute Gasteiger partial charge is 0.394 e. The number of aliphatic hydroxyl groups excluding tert-OH is 3. The van der Waals surface area contributed by atoms with Gasteiger partial charge < -0.3 is 25.8 Å². The second-order valence-corrected chi connectivity index (χ2v) is 4.46. The summed E-state index contributed by atoms with van der Waals surface area (Å²) in [5.41, 5.74) is 2.49. The lowest BCUT2D eigenvalue weighted by Crippen LogP contribution is -2.37. The van der Waals surface area contributed by atoms with Crippen LogP contribution >= 0.6 is 0 Å². The number of hydrogen-bond donors (Lipinski definition) is 4. The summed E-state index contributed by atoms with van der Waals surface area (Å²) < 4.78 is 43.6. The second kappa shape index (κ2) is 5.26. The van der Waals surface area contributed by atoms with E-state index in [1.54, 1.807) is 0 Å². The van der Waals surface area contributed by atoms with Crippen LogP contribution in [0.15, 0.2) is 11.0 Å². The van der Waals surface area contributed by atoms with E-state index in [9.17, 15) is 28.2 Å². The molecule has 0 bridgehead atoms. The standard InChI is InChI=1S/C10H12F3N3O5/c11-10(12,13)3-1-16(9(20)15-7(3)14)8-6(19)5(18)4(2-17)21-8/h1,4-6,8,17-19H,2H2,(H2,14,15,20)/t4-,5+,6?,8-/m1/s1. The summed E-state index contributed by atoms with van der Waals surface area (Å²) in [6, 6.07) is 0. The molecule has 0 radical (unpaired) electrons. The van der Waals surface area contributed by atoms with Crippen LogP contribution in [0.2, 0.25) is 0 Å². The SMILES string of the molecule is Nc1nc(=O)n([C@@H]2O[C@H](CO)[C@H](O)C2O)cc1C(F)(F)F. The molecule has 1 aromatic heterocycles. The predicted octanol–water partition coefficient (Wildman–Crippen LogP) is -1.54. The van der Waals surface area contributed by atoms with Crippen LogP contribution in [0.4, 0.5) is 19.0 Å². The molecule has 21 heavy (non-hydrogen) atoms. The third-order valence-electron chi connectivity index (χ3n) is 3.08. The van der Waals surface area contributed by atoms with Gasteiger partial charge in [0.15, 0.2) is 6.23 Å². The molecule has 1 aliphatic rings. The van der Waals surface area contributed by atoms with Crippen LogP contribution in [-0.4, -0.2) is 49.8 Å². The first-order valence-electron chi connectivity index (χ1n) is 5.75. The van der Waals surface area contributed by atoms with E-state index in [0.29, 0.717) is 10.8 Å². The lowest BCUT2D eigenvalue weighted by Gasteiger charge is -2.19. The summed E-state index contributed by atoms with van der Waals surface area (Å²) in [6.07, 6.45) is -10.6. The Morgan fingerprint density at radius 1 is 1.38 bits per heavy atom. The van der Waals surface area contributed by atoms with Crippen LogP contribution in [-0.2, 0) is 10.9 Å². The monoisotopic (exact) mass is 311 g/mol. The zero-order valence-electron chi connectivity index (χ0n) is 10.4. The minimum absolute atomic E-state index is 0.352. The van der Waals surface area contributed by atoms with Crippen molar-refractivity contribution in [2.24, 2.45) is 0 Å². The van der Waals surface area contributed by atoms with Gasteiger partial charge in [-0.15, -0.1) is 0 Å². The van der Waals surface area contributed by atoms with Gasteiger partial charge in [-0.2, -0.15) is 18.2 Å². The first-order valence-corrected chi connectivity index (χ1v) is 5.75. The topological polar surface area (TPSA) is 131 Å². The van der Waals surface area contributed by atoms with Crippen LogP contribution < -0.4 is 11.4 Å². The molecular formula is C10H12F3N3O5. The maximum atomic E-state index is 12.7. The minimum Gasteiger partial charge on any atom is -0.394 e. The molecule has 0 aromatic carbocycles. The second-order valence-electron chi connectivity index (χ2n) is 4.46. The molecule has 2 heterocycles. The van der Waals surface area contributed by atoms with E-state index in [0.717, 1.165) is 0 Å². The first kappa shape index (κ1) is 15.7. The van der Waals surface area contributed by atoms with Crippen LogP contribution in [0.25, 0.3) is 0 Å². The van der Waals surface area contributed by atoms with Gasteiger partial charge in [0.2, 0.25) is 0 Å². The van der Waals surface area contributed by atoms with Gasteiger partial charge in [0.05, 0.1) is 6.61 Å². The largest absolute Gasteiger partial charge is 0.421 e. The molecule has 5 N–H and O–H groups in total. The number of nitrogens with two attached hydrogens (primary N) is 1. The maximum Gasteiger partial charge on any atom is 0.421 e. The third kappa shape index (κ3) is 2.72. The number of halogens is 3. The average molecular weight is 311 g/mol. The van der Waals surface area contributed by atoms with E-state index < -0.39 is 54.4 Å². The lowest BCUT2D eigenvalue weighted by molar-refractivity contribution is -0.138. The number of aliphatic hydroxyl groups is 3. The fourth-order valence-corrected chi connectivity index (χ4v) is 1.99. The van der Waals surface area contributed by atoms with Gasteiger partial charge in [-0.05, 0) is 0 Å². The quantitative estimate of drug-likeness (QED) is 0.520. The van der Waals surface area contributed by atoms with Gasteiger partial charge in [0, 0.05) is 6.20 Å². The zero-order chi connectivity index (χ0) is 15.9. The van der Waals surface area contributed by atoms with Crippen molar-refractivity contribution >= 4 is 5.82 Å². The molecule has 0 aliphatic carbocycles. The number of alkyl halides is 3. The Kier molecular flexibility index (Phi) is 3.93. The van der Waals surface area contributed by atoms with Crippen molar-refractivity contribution in [1.29, 1.82) is 0 Å². The van der Waals surface area contributed by atoms with Crippen molar-refractivity contribution in [3.05, 3.63) is 22.2 Å². The van der Waals surface area contributed by atoms with Gasteiger partial charge in [0.25, 0.3) is 0 Å². The Hall–Kier alpha value is -1.69. The Bertz CT molecular complexity index is 590. The van der Waals surface area contributed by atoms with Crippen molar-refractivity contribution < 1.29 is 33.2 Å². The third-order valence-corrected chi connectivity index (χ3v) is 3.08. The van der Waals surface area contributed by atoms with E-state index in [1.807, 2.05) is 0 Å². The Morgan fingerprint density at radius 2 is 2.00 bits per heavy atom. The molecular weight excluding hydrogens is 299 g/mol. The molecule has 118 valence electrons. The normalized spacial score (nSPS) is 29.8. The highest BCUT2D eigenvalue weighted by Gasteiger charge is 2.45. The summed E-state index contributed by atoms with van der Waals surface area (Å²) >= 11 is 0. The Morgan fingerprint density at radius 3 is 2.48 bits per heavy atom. The van der Waals surface area contributed by atoms with Crippen molar-refractivity contribution in [3.8, 4) is 0 Å². The fraction of sp³-hybridized carbons (Fsp3) is 0.600. The zero-order valence-corrected chi connectivity index (χ0v) is 10.4. The highest BCUT2D eigenvalue weighted by Crippen LogP contribution is 2.34. The number of nitrogen functional groups attached to an aromatic ring is 1. The van der Waals surface area contributed by atoms with Gasteiger partial charge in [0.1, 0.15) is 29.7 Å². The summed E-state index contributed by atoms with van der Waals surface area (Å²) in [7, 11) is 0. The lowest BCUT2D eigenvalue weighted by atomic mass is 10.1. The van der Waals surface area contributed by atoms with Gasteiger partial charge in [-0.25, -0.2) is 4.79 Å². The minimum atomic E-state index is -4.86. The molecule has 8 nitrogen and oxygen atoms in total. The van der Waals surface area contributed by atoms with Gasteiger partial charge in [-0.3, -0.25) is 4.57 Å². The van der Waals surface area contributed by atoms with E-state index in [2.05, 4.69) is 4.98 Å². The van der Waals surface area contributed by atoms with Crippen molar-refractivity contribution in [2.45, 2.75) is 30.7 Å². The summed E-state index contributed by atoms with van der Waals surface area (Å²) in [4.78, 5) is 14.6. The molecule has 0 spiro atoms. The van der Waals surface area contributed by atoms with Crippen molar-refractivity contribution in [1.82, 2.24) is 9.55 Å². The highest BCUT2D eigenvalue weighted by atomic mass is 19.4. The molecule has 1 fully saturated rings. The van der Waals surface area contributed by atoms with E-state index >= 15 is 0 Å². The van der Waals surface area contributed by atoms with Crippen LogP contribution in [0.3, 0.4) is 0 Å². The first-order chi connectivity index (χ1) is 9.66. The molecule has 0 saturated carbocycles. The summed E-state index contributed by atoms with van der Waals surface area (Å²) in [6.45, 7) is -0.683. The molecule has 1 unspecified atom stereocenters. The van der Waals surface area contributed by atoms with Crippen molar-refractivity contribution in [2.75, 3.05) is 12.3 Å². The molecule has 1 saturated heterocycles. The molecule has 11 heteroatoms. The maximum absolute atomic E-state index is 12.7. The van der Waals surface area contributed by atoms with Gasteiger partial charge in [-0.1, -0.05) is 0 Å². The fourth-order valence-electron chi connectivity index (χ4n) is 1.99. The average Bonchev–Trinajstić information content (AvgIpc) is 2.65. The molecule has 1 aromatic rings. The number of nitrogens with zero attached hydrogens (tertiary/aromatic N) is 2. The molecule has 0 amide bonds. The van der Waals surface area contributed by atoms with Crippen LogP contribution in [0.5, 0.6) is 0 Å². The number of hydrogen-bond acceptors (Lipinski definition) is 7. The summed E-state index contributed by atoms with van der Waals surface area (Å²) in [5, 5.41) is 28.2. The molecule has 2 rings (SSSR count). The van der Waals surface area contributed by atoms with Crippen molar-refractivity contribution in [3.63, 3.8) is 0 Å². The highest BCUT2D eigenvalue weighted by molar-refractivity contribution is 5.39. The Balaban J connectivity index is 2.48. The number of rotatable bonds is 2. The van der Waals surface area contributed by atoms with E-state index in [-0.39, 0.29) is 0 Å². The number of anilines is 1. The van der Waals surface area contributed by atoms with E-state index in [1.165, 1.54) is 0 Å². The molecule has 4 atom stereocenters. The van der Waals surface area contributed by atoms with Gasteiger partial charge >= 0.3 is 11.9 Å². The molecule has 1 aliphatic heterocycles. The van der Waals surface area contributed by atoms with Crippen LogP contribution in [0, 0.1) is 0 Å². The predicted molar refractivity (Wildman–Crippen MR) is 60.9 cm³/mol.